The monoisotopic (exact) mass is 735 g/mol. The van der Waals surface area contributed by atoms with Crippen molar-refractivity contribution < 1.29 is 0 Å². The van der Waals surface area contributed by atoms with Crippen molar-refractivity contribution in [2.24, 2.45) is 5.92 Å². The molecule has 9 rings (SSSR count). The minimum Gasteiger partial charge on any atom is -0.314 e. The molecule has 0 bridgehead atoms. The molecule has 4 aliphatic carbocycles. The third kappa shape index (κ3) is 7.84. The number of hydrogen-bond donors (Lipinski definition) is 0. The molecular formula is C56H49N. The number of allylic oxidation sites excluding steroid dienone is 21. The summed E-state index contributed by atoms with van der Waals surface area (Å²) in [7, 11) is 0. The molecule has 5 aromatic carbocycles. The third-order valence-electron chi connectivity index (χ3n) is 11.9. The molecule has 0 saturated heterocycles. The second kappa shape index (κ2) is 16.7. The van der Waals surface area contributed by atoms with Gasteiger partial charge in [-0.25, -0.2) is 0 Å². The molecule has 5 aromatic rings. The number of anilines is 2. The molecule has 0 aromatic heterocycles. The van der Waals surface area contributed by atoms with Gasteiger partial charge < -0.3 is 4.90 Å². The summed E-state index contributed by atoms with van der Waals surface area (Å²) in [4.78, 5) is 2.47. The fourth-order valence-corrected chi connectivity index (χ4v) is 8.83. The average Bonchev–Trinajstić information content (AvgIpc) is 3.29. The van der Waals surface area contributed by atoms with Crippen LogP contribution in [0.25, 0.3) is 38.2 Å². The lowest BCUT2D eigenvalue weighted by Crippen LogP contribution is -2.18. The van der Waals surface area contributed by atoms with Crippen LogP contribution in [0.5, 0.6) is 0 Å². The molecule has 0 amide bonds. The van der Waals surface area contributed by atoms with E-state index in [0.717, 1.165) is 44.9 Å². The van der Waals surface area contributed by atoms with Gasteiger partial charge >= 0.3 is 0 Å². The maximum atomic E-state index is 3.76. The van der Waals surface area contributed by atoms with Crippen LogP contribution in [0.1, 0.15) is 50.5 Å². The highest BCUT2D eigenvalue weighted by Gasteiger charge is 2.21. The summed E-state index contributed by atoms with van der Waals surface area (Å²) in [5.41, 5.74) is 14.7. The first-order valence-electron chi connectivity index (χ1n) is 20.6. The number of fused-ring (bicyclic) bond motifs is 3. The Balaban J connectivity index is 1.03. The normalized spacial score (nSPS) is 18.3. The first kappa shape index (κ1) is 36.2. The van der Waals surface area contributed by atoms with E-state index in [1.54, 1.807) is 0 Å². The number of hydrogen-bond acceptors (Lipinski definition) is 1. The molecule has 1 atom stereocenters. The van der Waals surface area contributed by atoms with Gasteiger partial charge in [0.15, 0.2) is 0 Å². The highest BCUT2D eigenvalue weighted by molar-refractivity contribution is 6.13. The van der Waals surface area contributed by atoms with Gasteiger partial charge in [0.1, 0.15) is 0 Å². The fraction of sp³-hybridized carbons (Fsp3) is 0.143. The van der Waals surface area contributed by atoms with Crippen LogP contribution in [0, 0.1) is 5.92 Å². The SMILES string of the molecule is C=C/C=C\C=C\C1C=CC(c2ccc(N(C3=CC=C(C4=CC=C(C5=CC=CCC5)CC4)CC3)c3ccc(-c4cc5ccccc5c5ccccc45)cc3)cc2)=CC1. The summed E-state index contributed by atoms with van der Waals surface area (Å²) in [6.07, 6.45) is 41.0. The maximum Gasteiger partial charge on any atom is 0.0458 e. The molecule has 278 valence electrons. The Labute approximate surface area is 338 Å². The quantitative estimate of drug-likeness (QED) is 0.102. The van der Waals surface area contributed by atoms with Gasteiger partial charge in [-0.2, -0.15) is 0 Å². The van der Waals surface area contributed by atoms with Gasteiger partial charge in [-0.15, -0.1) is 0 Å². The molecule has 1 unspecified atom stereocenters. The smallest absolute Gasteiger partial charge is 0.0458 e. The zero-order valence-corrected chi connectivity index (χ0v) is 32.7. The summed E-state index contributed by atoms with van der Waals surface area (Å²) in [6, 6.07) is 38.3. The Morgan fingerprint density at radius 1 is 0.579 bits per heavy atom. The predicted octanol–water partition coefficient (Wildman–Crippen LogP) is 15.6. The molecular weight excluding hydrogens is 687 g/mol. The van der Waals surface area contributed by atoms with Crippen molar-refractivity contribution in [3.8, 4) is 11.1 Å². The molecule has 1 nitrogen and oxygen atoms in total. The van der Waals surface area contributed by atoms with E-state index in [9.17, 15) is 0 Å². The molecule has 0 saturated carbocycles. The van der Waals surface area contributed by atoms with Gasteiger partial charge in [-0.3, -0.25) is 0 Å². The van der Waals surface area contributed by atoms with Crippen LogP contribution in [0.3, 0.4) is 0 Å². The molecule has 1 heteroatoms. The minimum atomic E-state index is 0.416. The molecule has 0 N–H and O–H groups in total. The van der Waals surface area contributed by atoms with Gasteiger partial charge in [0.2, 0.25) is 0 Å². The van der Waals surface area contributed by atoms with Crippen LogP contribution in [-0.2, 0) is 0 Å². The molecule has 57 heavy (non-hydrogen) atoms. The average molecular weight is 736 g/mol. The summed E-state index contributed by atoms with van der Waals surface area (Å²) in [5.74, 6) is 0.416. The third-order valence-corrected chi connectivity index (χ3v) is 11.9. The minimum absolute atomic E-state index is 0.416. The topological polar surface area (TPSA) is 3.24 Å². The van der Waals surface area contributed by atoms with Gasteiger partial charge in [0, 0.05) is 17.1 Å². The molecule has 0 aliphatic heterocycles. The van der Waals surface area contributed by atoms with E-state index in [4.69, 9.17) is 0 Å². The zero-order chi connectivity index (χ0) is 38.4. The highest BCUT2D eigenvalue weighted by atomic mass is 15.1. The first-order chi connectivity index (χ1) is 28.2. The van der Waals surface area contributed by atoms with Gasteiger partial charge in [0.05, 0.1) is 0 Å². The van der Waals surface area contributed by atoms with Gasteiger partial charge in [-0.1, -0.05) is 164 Å². The molecule has 0 spiro atoms. The number of rotatable bonds is 10. The second-order valence-electron chi connectivity index (χ2n) is 15.4. The van der Waals surface area contributed by atoms with Crippen molar-refractivity contribution in [2.45, 2.75) is 44.9 Å². The summed E-state index contributed by atoms with van der Waals surface area (Å²) in [5, 5.41) is 5.15. The van der Waals surface area contributed by atoms with Crippen LogP contribution in [0.4, 0.5) is 11.4 Å². The van der Waals surface area contributed by atoms with Crippen molar-refractivity contribution in [1.29, 1.82) is 0 Å². The first-order valence-corrected chi connectivity index (χ1v) is 20.6. The lowest BCUT2D eigenvalue weighted by molar-refractivity contribution is 0.825. The van der Waals surface area contributed by atoms with Crippen molar-refractivity contribution >= 4 is 38.5 Å². The Kier molecular flexibility index (Phi) is 10.6. The molecule has 0 fully saturated rings. The Morgan fingerprint density at radius 2 is 1.23 bits per heavy atom. The zero-order valence-electron chi connectivity index (χ0n) is 32.7. The largest absolute Gasteiger partial charge is 0.314 e. The van der Waals surface area contributed by atoms with Crippen LogP contribution in [0.2, 0.25) is 0 Å². The van der Waals surface area contributed by atoms with Gasteiger partial charge in [-0.05, 0) is 153 Å². The summed E-state index contributed by atoms with van der Waals surface area (Å²) in [6.45, 7) is 3.76. The Bertz CT molecular complexity index is 2640. The van der Waals surface area contributed by atoms with E-state index in [2.05, 4.69) is 188 Å². The van der Waals surface area contributed by atoms with E-state index < -0.39 is 0 Å². The van der Waals surface area contributed by atoms with Crippen molar-refractivity contribution in [3.63, 3.8) is 0 Å². The van der Waals surface area contributed by atoms with Gasteiger partial charge in [0.25, 0.3) is 0 Å². The maximum absolute atomic E-state index is 3.76. The van der Waals surface area contributed by atoms with Crippen LogP contribution in [0.15, 0.2) is 229 Å². The second-order valence-corrected chi connectivity index (χ2v) is 15.4. The van der Waals surface area contributed by atoms with Crippen molar-refractivity contribution in [2.75, 3.05) is 4.90 Å². The highest BCUT2D eigenvalue weighted by Crippen LogP contribution is 2.41. The van der Waals surface area contributed by atoms with E-state index in [1.165, 1.54) is 83.2 Å². The molecule has 0 radical (unpaired) electrons. The van der Waals surface area contributed by atoms with E-state index >= 15 is 0 Å². The van der Waals surface area contributed by atoms with E-state index in [0.29, 0.717) is 5.92 Å². The van der Waals surface area contributed by atoms with Crippen LogP contribution in [-0.4, -0.2) is 0 Å². The summed E-state index contributed by atoms with van der Waals surface area (Å²) >= 11 is 0. The molecule has 4 aliphatic rings. The van der Waals surface area contributed by atoms with Crippen LogP contribution < -0.4 is 4.90 Å². The lowest BCUT2D eigenvalue weighted by Gasteiger charge is -2.31. The fourth-order valence-electron chi connectivity index (χ4n) is 8.83. The van der Waals surface area contributed by atoms with E-state index in [-0.39, 0.29) is 0 Å². The Morgan fingerprint density at radius 3 is 1.86 bits per heavy atom. The van der Waals surface area contributed by atoms with Crippen LogP contribution >= 0.6 is 0 Å². The van der Waals surface area contributed by atoms with Crippen molar-refractivity contribution in [3.05, 3.63) is 234 Å². The summed E-state index contributed by atoms with van der Waals surface area (Å²) < 4.78 is 0. The predicted molar refractivity (Wildman–Crippen MR) is 246 cm³/mol. The van der Waals surface area contributed by atoms with Crippen molar-refractivity contribution in [1.82, 2.24) is 0 Å². The standard InChI is InChI=1S/C56H49N/c1-2-3-4-6-13-41-20-22-43(23-21-41)46-28-34-50(35-29-46)57(51-36-30-47(31-37-51)45-26-24-44(25-27-45)42-14-7-5-8-15-42)52-38-32-48(33-39-52)56-40-49-16-9-10-17-53(49)54-18-11-12-19-55(54)56/h2-7,9-14,16-20,22-24,26,28-30,32-36,38-41H,1,8,15,21,25,27,31,37H2/b4-3-,13-6+. The van der Waals surface area contributed by atoms with E-state index in [1.807, 2.05) is 18.2 Å². The number of nitrogens with zero attached hydrogens (tertiary/aromatic N) is 1. The Hall–Kier alpha value is -6.44. The molecule has 0 heterocycles. The lowest BCUT2D eigenvalue weighted by atomic mass is 9.84. The number of benzene rings is 5.